The van der Waals surface area contributed by atoms with E-state index in [2.05, 4.69) is 25.6 Å². The Bertz CT molecular complexity index is 529. The highest BCUT2D eigenvalue weighted by Gasteiger charge is 2.03. The van der Waals surface area contributed by atoms with Gasteiger partial charge in [-0.3, -0.25) is 0 Å². The van der Waals surface area contributed by atoms with Crippen molar-refractivity contribution in [2.45, 2.75) is 11.8 Å². The second-order valence-corrected chi connectivity index (χ2v) is 4.97. The lowest BCUT2D eigenvalue weighted by atomic mass is 10.2. The number of aryl methyl sites for hydroxylation is 1. The Morgan fingerprint density at radius 2 is 1.71 bits per heavy atom. The Labute approximate surface area is 106 Å². The molecular formula is C15H14OS. The lowest BCUT2D eigenvalue weighted by Crippen LogP contribution is -1.81. The molecule has 0 aromatic heterocycles. The molecule has 1 nitrogen and oxygen atoms in total. The summed E-state index contributed by atoms with van der Waals surface area (Å²) in [7, 11) is 0. The number of rotatable bonds is 3. The first-order valence-corrected chi connectivity index (χ1v) is 6.20. The second kappa shape index (κ2) is 5.11. The van der Waals surface area contributed by atoms with E-state index < -0.39 is 0 Å². The molecule has 2 aromatic rings. The normalized spacial score (nSPS) is 10.2. The fourth-order valence-electron chi connectivity index (χ4n) is 1.51. The topological polar surface area (TPSA) is 20.2 Å². The van der Waals surface area contributed by atoms with E-state index >= 15 is 0 Å². The van der Waals surface area contributed by atoms with Gasteiger partial charge in [0, 0.05) is 9.80 Å². The Kier molecular flexibility index (Phi) is 3.55. The third-order valence-corrected chi connectivity index (χ3v) is 3.68. The van der Waals surface area contributed by atoms with Crippen LogP contribution < -0.4 is 0 Å². The lowest BCUT2D eigenvalue weighted by molar-refractivity contribution is 0.475. The van der Waals surface area contributed by atoms with Gasteiger partial charge in [-0.2, -0.15) is 0 Å². The monoisotopic (exact) mass is 242 g/mol. The molecule has 0 saturated heterocycles. The number of phenolic OH excluding ortho intramolecular Hbond substituents is 1. The third-order valence-electron chi connectivity index (χ3n) is 2.52. The number of hydrogen-bond donors (Lipinski definition) is 1. The number of benzene rings is 2. The summed E-state index contributed by atoms with van der Waals surface area (Å²) in [6.07, 6.45) is 0. The number of phenols is 1. The van der Waals surface area contributed by atoms with Gasteiger partial charge in [-0.15, -0.1) is 0 Å². The first-order chi connectivity index (χ1) is 8.16. The minimum atomic E-state index is 0.280. The molecule has 0 saturated carbocycles. The highest BCUT2D eigenvalue weighted by molar-refractivity contribution is 8.08. The van der Waals surface area contributed by atoms with Crippen LogP contribution in [0.5, 0.6) is 5.75 Å². The molecule has 0 spiro atoms. The molecule has 0 radical (unpaired) electrons. The predicted octanol–water partition coefficient (Wildman–Crippen LogP) is 4.46. The maximum atomic E-state index is 9.24. The predicted molar refractivity (Wildman–Crippen MR) is 74.2 cm³/mol. The van der Waals surface area contributed by atoms with Gasteiger partial charge in [0.2, 0.25) is 0 Å². The number of thioether (sulfide) groups is 1. The summed E-state index contributed by atoms with van der Waals surface area (Å²) >= 11 is 1.65. The van der Waals surface area contributed by atoms with Gasteiger partial charge in [0.1, 0.15) is 5.75 Å². The zero-order valence-electron chi connectivity index (χ0n) is 9.68. The Balaban J connectivity index is 2.17. The van der Waals surface area contributed by atoms with Crippen LogP contribution in [0.15, 0.2) is 60.0 Å². The van der Waals surface area contributed by atoms with Crippen LogP contribution in [-0.2, 0) is 0 Å². The molecule has 86 valence electrons. The first kappa shape index (κ1) is 11.8. The molecule has 0 amide bonds. The van der Waals surface area contributed by atoms with Crippen LogP contribution in [0.4, 0.5) is 0 Å². The molecule has 0 heterocycles. The largest absolute Gasteiger partial charge is 0.508 e. The van der Waals surface area contributed by atoms with Gasteiger partial charge in [0.15, 0.2) is 0 Å². The SMILES string of the molecule is C=C(Sc1ccccc1C)c1ccc(O)cc1. The van der Waals surface area contributed by atoms with E-state index in [0.29, 0.717) is 0 Å². The molecule has 0 fully saturated rings. The highest BCUT2D eigenvalue weighted by atomic mass is 32.2. The van der Waals surface area contributed by atoms with E-state index in [1.807, 2.05) is 24.3 Å². The van der Waals surface area contributed by atoms with Gasteiger partial charge in [-0.05, 0) is 36.2 Å². The molecule has 0 bridgehead atoms. The molecule has 2 rings (SSSR count). The molecular weight excluding hydrogens is 228 g/mol. The van der Waals surface area contributed by atoms with E-state index in [0.717, 1.165) is 10.5 Å². The zero-order chi connectivity index (χ0) is 12.3. The van der Waals surface area contributed by atoms with Crippen molar-refractivity contribution in [3.8, 4) is 5.75 Å². The van der Waals surface area contributed by atoms with Gasteiger partial charge in [0.05, 0.1) is 0 Å². The van der Waals surface area contributed by atoms with Crippen molar-refractivity contribution in [3.05, 3.63) is 66.2 Å². The van der Waals surface area contributed by atoms with Crippen LogP contribution in [0, 0.1) is 6.92 Å². The van der Waals surface area contributed by atoms with Crippen molar-refractivity contribution >= 4 is 16.7 Å². The van der Waals surface area contributed by atoms with E-state index in [1.165, 1.54) is 10.5 Å². The standard InChI is InChI=1S/C15H14OS/c1-11-5-3-4-6-15(11)17-12(2)13-7-9-14(16)10-8-13/h3-10,16H,2H2,1H3. The molecule has 0 atom stereocenters. The third kappa shape index (κ3) is 2.92. The van der Waals surface area contributed by atoms with Crippen molar-refractivity contribution in [2.75, 3.05) is 0 Å². The minimum Gasteiger partial charge on any atom is -0.508 e. The van der Waals surface area contributed by atoms with Crippen LogP contribution in [0.25, 0.3) is 4.91 Å². The molecule has 0 aliphatic heterocycles. The molecule has 2 aromatic carbocycles. The summed E-state index contributed by atoms with van der Waals surface area (Å²) in [4.78, 5) is 2.20. The van der Waals surface area contributed by atoms with Gasteiger partial charge in [-0.1, -0.05) is 48.7 Å². The summed E-state index contributed by atoms with van der Waals surface area (Å²) in [6, 6.07) is 15.4. The number of hydrogen-bond acceptors (Lipinski definition) is 2. The van der Waals surface area contributed by atoms with Crippen LogP contribution in [-0.4, -0.2) is 5.11 Å². The average Bonchev–Trinajstić information content (AvgIpc) is 2.33. The van der Waals surface area contributed by atoms with Crippen molar-refractivity contribution in [1.29, 1.82) is 0 Å². The van der Waals surface area contributed by atoms with Gasteiger partial charge < -0.3 is 5.11 Å². The summed E-state index contributed by atoms with van der Waals surface area (Å²) in [6.45, 7) is 6.16. The molecule has 2 heteroatoms. The summed E-state index contributed by atoms with van der Waals surface area (Å²) in [5.41, 5.74) is 2.29. The molecule has 0 aliphatic carbocycles. The summed E-state index contributed by atoms with van der Waals surface area (Å²) in [5, 5.41) is 9.24. The van der Waals surface area contributed by atoms with Crippen molar-refractivity contribution in [2.24, 2.45) is 0 Å². The van der Waals surface area contributed by atoms with E-state index in [-0.39, 0.29) is 5.75 Å². The van der Waals surface area contributed by atoms with E-state index in [4.69, 9.17) is 0 Å². The van der Waals surface area contributed by atoms with Crippen molar-refractivity contribution < 1.29 is 5.11 Å². The van der Waals surface area contributed by atoms with Crippen LogP contribution in [0.2, 0.25) is 0 Å². The molecule has 1 N–H and O–H groups in total. The second-order valence-electron chi connectivity index (χ2n) is 3.84. The molecule has 17 heavy (non-hydrogen) atoms. The number of aromatic hydroxyl groups is 1. The Morgan fingerprint density at radius 1 is 1.06 bits per heavy atom. The molecule has 0 aliphatic rings. The summed E-state index contributed by atoms with van der Waals surface area (Å²) in [5.74, 6) is 0.280. The van der Waals surface area contributed by atoms with E-state index in [1.54, 1.807) is 23.9 Å². The maximum absolute atomic E-state index is 9.24. The zero-order valence-corrected chi connectivity index (χ0v) is 10.5. The first-order valence-electron chi connectivity index (χ1n) is 5.38. The smallest absolute Gasteiger partial charge is 0.115 e. The Morgan fingerprint density at radius 3 is 2.35 bits per heavy atom. The van der Waals surface area contributed by atoms with Crippen LogP contribution in [0.3, 0.4) is 0 Å². The Hall–Kier alpha value is -1.67. The van der Waals surface area contributed by atoms with Crippen LogP contribution in [0.1, 0.15) is 11.1 Å². The van der Waals surface area contributed by atoms with Gasteiger partial charge >= 0.3 is 0 Å². The highest BCUT2D eigenvalue weighted by Crippen LogP contribution is 2.34. The lowest BCUT2D eigenvalue weighted by Gasteiger charge is -2.08. The fraction of sp³-hybridized carbons (Fsp3) is 0.0667. The van der Waals surface area contributed by atoms with Gasteiger partial charge in [-0.25, -0.2) is 0 Å². The molecule has 0 unspecified atom stereocenters. The minimum absolute atomic E-state index is 0.280. The summed E-state index contributed by atoms with van der Waals surface area (Å²) < 4.78 is 0. The van der Waals surface area contributed by atoms with E-state index in [9.17, 15) is 5.11 Å². The van der Waals surface area contributed by atoms with Gasteiger partial charge in [0.25, 0.3) is 0 Å². The fourth-order valence-corrected chi connectivity index (χ4v) is 2.40. The van der Waals surface area contributed by atoms with Crippen LogP contribution >= 0.6 is 11.8 Å². The maximum Gasteiger partial charge on any atom is 0.115 e. The van der Waals surface area contributed by atoms with Crippen molar-refractivity contribution in [1.82, 2.24) is 0 Å². The quantitative estimate of drug-likeness (QED) is 0.802. The van der Waals surface area contributed by atoms with Crippen molar-refractivity contribution in [3.63, 3.8) is 0 Å². The average molecular weight is 242 g/mol.